The largest absolute Gasteiger partial charge is 0.361 e. The lowest BCUT2D eigenvalue weighted by atomic mass is 9.41. The quantitative estimate of drug-likeness (QED) is 0.898. The van der Waals surface area contributed by atoms with Crippen LogP contribution in [0.3, 0.4) is 0 Å². The Hall–Kier alpha value is -1.81. The first-order valence-corrected chi connectivity index (χ1v) is 9.89. The number of aromatic amines is 1. The smallest absolute Gasteiger partial charge is 0.0922 e. The predicted octanol–water partition coefficient (Wildman–Crippen LogP) is 3.57. The van der Waals surface area contributed by atoms with Crippen LogP contribution in [0.15, 0.2) is 30.7 Å². The van der Waals surface area contributed by atoms with E-state index in [-0.39, 0.29) is 0 Å². The predicted molar refractivity (Wildman–Crippen MR) is 98.5 cm³/mol. The Labute approximate surface area is 149 Å². The van der Waals surface area contributed by atoms with E-state index in [1.165, 1.54) is 43.5 Å². The van der Waals surface area contributed by atoms with Crippen molar-refractivity contribution in [1.29, 1.82) is 0 Å². The molecule has 4 aliphatic carbocycles. The molecule has 2 aromatic rings. The molecule has 25 heavy (non-hydrogen) atoms. The average Bonchev–Trinajstić information content (AvgIpc) is 3.28. The van der Waals surface area contributed by atoms with Gasteiger partial charge < -0.3 is 15.2 Å². The molecule has 0 amide bonds. The summed E-state index contributed by atoms with van der Waals surface area (Å²) in [5, 5.41) is 3.82. The summed E-state index contributed by atoms with van der Waals surface area (Å²) in [5.41, 5.74) is 6.41. The lowest BCUT2D eigenvalue weighted by molar-refractivity contribution is -0.125. The summed E-state index contributed by atoms with van der Waals surface area (Å²) in [5.74, 6) is 1.83. The molecule has 1 aromatic carbocycles. The van der Waals surface area contributed by atoms with Gasteiger partial charge >= 0.3 is 0 Å². The summed E-state index contributed by atoms with van der Waals surface area (Å²) in [7, 11) is 0. The van der Waals surface area contributed by atoms with Crippen molar-refractivity contribution in [2.45, 2.75) is 57.2 Å². The molecule has 0 radical (unpaired) electrons. The maximum Gasteiger partial charge on any atom is 0.0922 e. The van der Waals surface area contributed by atoms with E-state index in [4.69, 9.17) is 0 Å². The monoisotopic (exact) mass is 334 g/mol. The molecule has 130 valence electrons. The minimum Gasteiger partial charge on any atom is -0.361 e. The number of hydrogen-bond acceptors (Lipinski definition) is 3. The fourth-order valence-electron chi connectivity index (χ4n) is 5.69. The van der Waals surface area contributed by atoms with Crippen LogP contribution in [0.2, 0.25) is 0 Å². The second kappa shape index (κ2) is 5.10. The summed E-state index contributed by atoms with van der Waals surface area (Å²) in [6.07, 6.45) is 10.9. The van der Waals surface area contributed by atoms with Crippen LogP contribution in [0.5, 0.6) is 0 Å². The molecule has 1 unspecified atom stereocenters. The van der Waals surface area contributed by atoms with Gasteiger partial charge in [0.05, 0.1) is 18.6 Å². The SMILES string of the molecule is c1cc(C2CC2)c2c(c1)N(Cc1cnc[nH]1)C(C13CC(C1)C3)CNC2. The first-order valence-electron chi connectivity index (χ1n) is 9.89. The van der Waals surface area contributed by atoms with Gasteiger partial charge in [0.1, 0.15) is 0 Å². The summed E-state index contributed by atoms with van der Waals surface area (Å²) >= 11 is 0. The van der Waals surface area contributed by atoms with Gasteiger partial charge in [0.2, 0.25) is 0 Å². The van der Waals surface area contributed by atoms with E-state index in [0.29, 0.717) is 11.5 Å². The van der Waals surface area contributed by atoms with Crippen LogP contribution in [0, 0.1) is 11.3 Å². The highest BCUT2D eigenvalue weighted by molar-refractivity contribution is 5.60. The van der Waals surface area contributed by atoms with Gasteiger partial charge in [-0.25, -0.2) is 4.98 Å². The number of anilines is 1. The van der Waals surface area contributed by atoms with Crippen molar-refractivity contribution in [2.75, 3.05) is 11.4 Å². The molecule has 1 aliphatic heterocycles. The molecule has 4 fully saturated rings. The van der Waals surface area contributed by atoms with Crippen LogP contribution >= 0.6 is 0 Å². The first-order chi connectivity index (χ1) is 12.3. The molecule has 7 rings (SSSR count). The normalized spacial score (nSPS) is 33.2. The van der Waals surface area contributed by atoms with Gasteiger partial charge in [0, 0.05) is 31.0 Å². The van der Waals surface area contributed by atoms with Gasteiger partial charge in [-0.1, -0.05) is 12.1 Å². The molecule has 2 N–H and O–H groups in total. The molecule has 4 saturated carbocycles. The lowest BCUT2D eigenvalue weighted by Crippen LogP contribution is -2.65. The van der Waals surface area contributed by atoms with E-state index in [0.717, 1.165) is 31.5 Å². The summed E-state index contributed by atoms with van der Waals surface area (Å²) < 4.78 is 0. The van der Waals surface area contributed by atoms with E-state index in [9.17, 15) is 0 Å². The van der Waals surface area contributed by atoms with Crippen molar-refractivity contribution in [3.63, 3.8) is 0 Å². The van der Waals surface area contributed by atoms with Gasteiger partial charge in [-0.3, -0.25) is 0 Å². The number of hydrogen-bond donors (Lipinski definition) is 2. The van der Waals surface area contributed by atoms with Crippen LogP contribution in [-0.2, 0) is 13.1 Å². The summed E-state index contributed by atoms with van der Waals surface area (Å²) in [6.45, 7) is 3.08. The third-order valence-electron chi connectivity index (χ3n) is 7.22. The Morgan fingerprint density at radius 2 is 2.08 bits per heavy atom. The van der Waals surface area contributed by atoms with Crippen molar-refractivity contribution in [1.82, 2.24) is 15.3 Å². The molecule has 1 atom stereocenters. The fraction of sp³-hybridized carbons (Fsp3) is 0.571. The Balaban J connectivity index is 1.44. The van der Waals surface area contributed by atoms with Gasteiger partial charge in [-0.15, -0.1) is 0 Å². The Bertz CT molecular complexity index is 775. The molecule has 2 bridgehead atoms. The highest BCUT2D eigenvalue weighted by Crippen LogP contribution is 2.67. The number of nitrogens with zero attached hydrogens (tertiary/aromatic N) is 2. The highest BCUT2D eigenvalue weighted by Gasteiger charge is 2.61. The van der Waals surface area contributed by atoms with Crippen molar-refractivity contribution >= 4 is 5.69 Å². The number of aromatic nitrogens is 2. The topological polar surface area (TPSA) is 44.0 Å². The Kier molecular flexibility index (Phi) is 2.93. The number of rotatable bonds is 4. The molecule has 1 aromatic heterocycles. The third kappa shape index (κ3) is 2.13. The van der Waals surface area contributed by atoms with Crippen LogP contribution in [0.25, 0.3) is 0 Å². The van der Waals surface area contributed by atoms with Crippen LogP contribution < -0.4 is 10.2 Å². The van der Waals surface area contributed by atoms with Gasteiger partial charge in [0.25, 0.3) is 0 Å². The maximum atomic E-state index is 4.26. The number of benzene rings is 1. The number of nitrogens with one attached hydrogen (secondary N) is 2. The van der Waals surface area contributed by atoms with Crippen LogP contribution in [-0.4, -0.2) is 22.6 Å². The van der Waals surface area contributed by atoms with Crippen LogP contribution in [0.4, 0.5) is 5.69 Å². The zero-order valence-corrected chi connectivity index (χ0v) is 14.7. The Morgan fingerprint density at radius 3 is 2.76 bits per heavy atom. The van der Waals surface area contributed by atoms with Crippen molar-refractivity contribution in [3.8, 4) is 0 Å². The molecular weight excluding hydrogens is 308 g/mol. The number of H-pyrrole nitrogens is 1. The average molecular weight is 334 g/mol. The van der Waals surface area contributed by atoms with E-state index in [2.05, 4.69) is 38.4 Å². The van der Waals surface area contributed by atoms with E-state index < -0.39 is 0 Å². The zero-order chi connectivity index (χ0) is 16.4. The third-order valence-corrected chi connectivity index (χ3v) is 7.22. The highest BCUT2D eigenvalue weighted by atomic mass is 15.2. The van der Waals surface area contributed by atoms with Gasteiger partial charge in [-0.05, 0) is 66.5 Å². The standard InChI is InChI=1S/C21H26N4/c1-2-17(15-4-5-15)18-10-22-11-20(21-6-14(7-21)8-21)25(19(18)3-1)12-16-9-23-13-24-16/h1-3,9,13-15,20,22H,4-8,10-12H2,(H,23,24). The Morgan fingerprint density at radius 1 is 1.20 bits per heavy atom. The molecule has 0 spiro atoms. The maximum absolute atomic E-state index is 4.26. The molecular formula is C21H26N4. The van der Waals surface area contributed by atoms with E-state index in [1.807, 2.05) is 12.5 Å². The number of imidazole rings is 1. The van der Waals surface area contributed by atoms with Crippen molar-refractivity contribution in [2.24, 2.45) is 11.3 Å². The molecule has 5 aliphatic rings. The molecule has 0 saturated heterocycles. The molecule has 4 heteroatoms. The second-order valence-electron chi connectivity index (χ2n) is 8.81. The molecule has 2 heterocycles. The van der Waals surface area contributed by atoms with Crippen molar-refractivity contribution in [3.05, 3.63) is 47.5 Å². The minimum atomic E-state index is 0.564. The zero-order valence-electron chi connectivity index (χ0n) is 14.7. The number of fused-ring (bicyclic) bond motifs is 1. The van der Waals surface area contributed by atoms with Gasteiger partial charge in [0.15, 0.2) is 0 Å². The van der Waals surface area contributed by atoms with E-state index in [1.54, 1.807) is 11.1 Å². The van der Waals surface area contributed by atoms with Gasteiger partial charge in [-0.2, -0.15) is 0 Å². The second-order valence-corrected chi connectivity index (χ2v) is 8.81. The lowest BCUT2D eigenvalue weighted by Gasteiger charge is -2.67. The minimum absolute atomic E-state index is 0.564. The van der Waals surface area contributed by atoms with Crippen molar-refractivity contribution < 1.29 is 0 Å². The van der Waals surface area contributed by atoms with Crippen LogP contribution in [0.1, 0.15) is 54.8 Å². The summed E-state index contributed by atoms with van der Waals surface area (Å²) in [4.78, 5) is 10.3. The summed E-state index contributed by atoms with van der Waals surface area (Å²) in [6, 6.07) is 7.63. The van der Waals surface area contributed by atoms with E-state index >= 15 is 0 Å². The molecule has 4 nitrogen and oxygen atoms in total. The first kappa shape index (κ1) is 14.4. The fourth-order valence-corrected chi connectivity index (χ4v) is 5.69.